The van der Waals surface area contributed by atoms with E-state index in [1.165, 1.54) is 11.1 Å². The maximum atomic E-state index is 6.07. The summed E-state index contributed by atoms with van der Waals surface area (Å²) in [7, 11) is 0.982. The number of nitrogens with zero attached hydrogens (tertiary/aromatic N) is 4. The van der Waals surface area contributed by atoms with Crippen molar-refractivity contribution in [3.05, 3.63) is 47.4 Å². The molecule has 0 aliphatic carbocycles. The highest BCUT2D eigenvalue weighted by Gasteiger charge is 2.15. The molecule has 0 aliphatic heterocycles. The molecule has 3 heterocycles. The Morgan fingerprint density at radius 1 is 1.10 bits per heavy atom. The monoisotopic (exact) mass is 426 g/mol. The second-order valence-corrected chi connectivity index (χ2v) is 14.8. The van der Waals surface area contributed by atoms with Crippen LogP contribution in [0, 0.1) is 6.92 Å². The van der Waals surface area contributed by atoms with Crippen molar-refractivity contribution < 1.29 is 4.74 Å². The number of hydrogen-bond donors (Lipinski definition) is 0. The summed E-state index contributed by atoms with van der Waals surface area (Å²) in [5.41, 5.74) is 5.70. The van der Waals surface area contributed by atoms with Crippen LogP contribution in [0.2, 0.25) is 30.8 Å². The molecule has 1 aromatic carbocycles. The molecule has 0 saturated carbocycles. The average Bonchev–Trinajstić information content (AvgIpc) is 3.20. The van der Waals surface area contributed by atoms with Crippen LogP contribution in [0.25, 0.3) is 33.1 Å². The number of fused-ring (bicyclic) bond motifs is 2. The van der Waals surface area contributed by atoms with Gasteiger partial charge in [-0.25, -0.2) is 9.67 Å². The molecule has 0 N–H and O–H groups in total. The number of aromatic nitrogens is 4. The maximum Gasteiger partial charge on any atom is 0.139 e. The van der Waals surface area contributed by atoms with E-state index in [0.717, 1.165) is 40.2 Å². The van der Waals surface area contributed by atoms with Crippen molar-refractivity contribution in [2.24, 2.45) is 7.05 Å². The van der Waals surface area contributed by atoms with E-state index >= 15 is 0 Å². The lowest BCUT2D eigenvalue weighted by atomic mass is 10.0. The summed E-state index contributed by atoms with van der Waals surface area (Å²) in [4.78, 5) is 4.22. The largest absolute Gasteiger partial charge is 0.360 e. The molecular formula is C22H27ClN4OSi. The number of hydrogen-bond acceptors (Lipinski definition) is 3. The first-order chi connectivity index (χ1) is 13.7. The highest BCUT2D eigenvalue weighted by atomic mass is 35.5. The van der Waals surface area contributed by atoms with Gasteiger partial charge in [-0.05, 0) is 36.7 Å². The lowest BCUT2D eigenvalue weighted by Gasteiger charge is -2.15. The lowest BCUT2D eigenvalue weighted by Crippen LogP contribution is -2.22. The quantitative estimate of drug-likeness (QED) is 0.220. The van der Waals surface area contributed by atoms with E-state index in [0.29, 0.717) is 11.9 Å². The summed E-state index contributed by atoms with van der Waals surface area (Å²) in [6.07, 6.45) is 3.77. The number of benzene rings is 1. The van der Waals surface area contributed by atoms with Crippen LogP contribution in [0.3, 0.4) is 0 Å². The first kappa shape index (κ1) is 20.1. The zero-order valence-electron chi connectivity index (χ0n) is 17.7. The summed E-state index contributed by atoms with van der Waals surface area (Å²) >= 11 is 6.07. The summed E-state index contributed by atoms with van der Waals surface area (Å²) < 4.78 is 10.0. The van der Waals surface area contributed by atoms with Crippen molar-refractivity contribution in [2.45, 2.75) is 39.3 Å². The van der Waals surface area contributed by atoms with E-state index in [9.17, 15) is 0 Å². The van der Waals surface area contributed by atoms with Crippen LogP contribution in [-0.2, 0) is 18.5 Å². The highest BCUT2D eigenvalue weighted by Crippen LogP contribution is 2.33. The Kier molecular flexibility index (Phi) is 5.27. The van der Waals surface area contributed by atoms with Crippen molar-refractivity contribution in [1.82, 2.24) is 19.3 Å². The molecule has 0 unspecified atom stereocenters. The fraction of sp³-hybridized carbons (Fsp3) is 0.364. The Morgan fingerprint density at radius 2 is 1.90 bits per heavy atom. The predicted octanol–water partition coefficient (Wildman–Crippen LogP) is 5.86. The van der Waals surface area contributed by atoms with E-state index in [1.54, 1.807) is 0 Å². The van der Waals surface area contributed by atoms with E-state index in [2.05, 4.69) is 66.5 Å². The first-order valence-corrected chi connectivity index (χ1v) is 14.0. The van der Waals surface area contributed by atoms with Gasteiger partial charge in [-0.3, -0.25) is 0 Å². The lowest BCUT2D eigenvalue weighted by molar-refractivity contribution is 0.0817. The second kappa shape index (κ2) is 7.59. The summed E-state index contributed by atoms with van der Waals surface area (Å²) in [5.74, 6) is 0. The molecule has 0 spiro atoms. The molecule has 0 bridgehead atoms. The molecule has 7 heteroatoms. The van der Waals surface area contributed by atoms with Gasteiger partial charge in [0.25, 0.3) is 0 Å². The summed E-state index contributed by atoms with van der Waals surface area (Å²) in [6, 6.07) is 9.54. The molecule has 0 aliphatic rings. The van der Waals surface area contributed by atoms with Gasteiger partial charge in [0.2, 0.25) is 0 Å². The minimum atomic E-state index is -1.08. The molecule has 5 nitrogen and oxygen atoms in total. The molecule has 0 radical (unpaired) electrons. The molecule has 0 amide bonds. The highest BCUT2D eigenvalue weighted by molar-refractivity contribution is 6.76. The predicted molar refractivity (Wildman–Crippen MR) is 123 cm³/mol. The van der Waals surface area contributed by atoms with Gasteiger partial charge in [-0.15, -0.1) is 0 Å². The van der Waals surface area contributed by atoms with Crippen molar-refractivity contribution in [2.75, 3.05) is 6.61 Å². The van der Waals surface area contributed by atoms with E-state index < -0.39 is 8.07 Å². The molecule has 4 aromatic rings. The van der Waals surface area contributed by atoms with Crippen molar-refractivity contribution in [3.8, 4) is 11.3 Å². The Bertz CT molecular complexity index is 1190. The number of halogens is 1. The molecule has 0 saturated heterocycles. The van der Waals surface area contributed by atoms with Gasteiger partial charge in [0.1, 0.15) is 11.9 Å². The van der Waals surface area contributed by atoms with Crippen molar-refractivity contribution >= 4 is 41.5 Å². The van der Waals surface area contributed by atoms with Gasteiger partial charge in [0.15, 0.2) is 0 Å². The zero-order valence-corrected chi connectivity index (χ0v) is 19.4. The molecule has 3 aromatic heterocycles. The molecule has 0 atom stereocenters. The van der Waals surface area contributed by atoms with Gasteiger partial charge in [-0.1, -0.05) is 37.3 Å². The topological polar surface area (TPSA) is 44.9 Å². The van der Waals surface area contributed by atoms with Crippen LogP contribution in [0.5, 0.6) is 0 Å². The van der Waals surface area contributed by atoms with E-state index in [1.807, 2.05) is 23.1 Å². The first-order valence-electron chi connectivity index (χ1n) is 9.89. The third-order valence-electron chi connectivity index (χ3n) is 5.48. The third kappa shape index (κ3) is 3.97. The SMILES string of the molecule is Cc1c(-c2cc3cc(Cl)ncc3n2C)ccc2c1cnn2COCC[Si](C)(C)C. The minimum Gasteiger partial charge on any atom is -0.360 e. The molecule has 29 heavy (non-hydrogen) atoms. The fourth-order valence-electron chi connectivity index (χ4n) is 3.67. The zero-order chi connectivity index (χ0) is 20.8. The molecule has 0 fully saturated rings. The second-order valence-electron chi connectivity index (χ2n) is 8.82. The summed E-state index contributed by atoms with van der Waals surface area (Å²) in [5, 5.41) is 7.32. The number of rotatable bonds is 6. The Hall–Kier alpha value is -2.15. The number of aryl methyl sites for hydroxylation is 2. The number of pyridine rings is 1. The van der Waals surface area contributed by atoms with Gasteiger partial charge >= 0.3 is 0 Å². The Labute approximate surface area is 177 Å². The fourth-order valence-corrected chi connectivity index (χ4v) is 4.59. The van der Waals surface area contributed by atoms with E-state index in [-0.39, 0.29) is 0 Å². The summed E-state index contributed by atoms with van der Waals surface area (Å²) in [6.45, 7) is 10.5. The minimum absolute atomic E-state index is 0.491. The van der Waals surface area contributed by atoms with Crippen LogP contribution >= 0.6 is 11.6 Å². The van der Waals surface area contributed by atoms with Crippen LogP contribution in [0.1, 0.15) is 5.56 Å². The van der Waals surface area contributed by atoms with Crippen LogP contribution in [0.4, 0.5) is 0 Å². The van der Waals surface area contributed by atoms with Crippen LogP contribution in [-0.4, -0.2) is 34.0 Å². The average molecular weight is 427 g/mol. The maximum absolute atomic E-state index is 6.07. The van der Waals surface area contributed by atoms with Gasteiger partial charge in [-0.2, -0.15) is 5.10 Å². The standard InChI is InChI=1S/C22H27ClN4OSi/c1-15-17(20-10-16-11-22(23)24-13-21(16)26(20)2)6-7-19-18(15)12-25-27(19)14-28-8-9-29(3,4)5/h6-7,10-13H,8-9,14H2,1-5H3. The smallest absolute Gasteiger partial charge is 0.139 e. The van der Waals surface area contributed by atoms with E-state index in [4.69, 9.17) is 16.3 Å². The van der Waals surface area contributed by atoms with Crippen LogP contribution < -0.4 is 0 Å². The van der Waals surface area contributed by atoms with Gasteiger partial charge < -0.3 is 9.30 Å². The normalized spacial score (nSPS) is 12.3. The molecule has 152 valence electrons. The Balaban J connectivity index is 1.65. The van der Waals surface area contributed by atoms with Crippen molar-refractivity contribution in [3.63, 3.8) is 0 Å². The molecular weight excluding hydrogens is 400 g/mol. The van der Waals surface area contributed by atoms with Crippen molar-refractivity contribution in [1.29, 1.82) is 0 Å². The molecule has 4 rings (SSSR count). The van der Waals surface area contributed by atoms with Gasteiger partial charge in [0, 0.05) is 43.8 Å². The van der Waals surface area contributed by atoms with Crippen LogP contribution in [0.15, 0.2) is 36.7 Å². The third-order valence-corrected chi connectivity index (χ3v) is 7.39. The number of ether oxygens (including phenoxy) is 1. The Morgan fingerprint density at radius 3 is 2.66 bits per heavy atom. The van der Waals surface area contributed by atoms with Gasteiger partial charge in [0.05, 0.1) is 23.4 Å².